The quantitative estimate of drug-likeness (QED) is 0.316. The molecule has 0 aliphatic carbocycles. The van der Waals surface area contributed by atoms with Gasteiger partial charge in [0.25, 0.3) is 0 Å². The molecule has 0 aliphatic heterocycles. The lowest BCUT2D eigenvalue weighted by Crippen LogP contribution is -2.02. The average Bonchev–Trinajstić information content (AvgIpc) is 3.25. The summed E-state index contributed by atoms with van der Waals surface area (Å²) in [5.41, 5.74) is 1.38. The van der Waals surface area contributed by atoms with Crippen LogP contribution in [0.15, 0.2) is 48.7 Å². The van der Waals surface area contributed by atoms with E-state index in [0.29, 0.717) is 6.04 Å². The van der Waals surface area contributed by atoms with Gasteiger partial charge in [-0.25, -0.2) is 0 Å². The van der Waals surface area contributed by atoms with Crippen LogP contribution in [0.5, 0.6) is 0 Å². The number of aromatic nitrogens is 1. The summed E-state index contributed by atoms with van der Waals surface area (Å²) in [6.07, 6.45) is 4.73. The second-order valence-electron chi connectivity index (χ2n) is 6.59. The van der Waals surface area contributed by atoms with Crippen LogP contribution in [0.2, 0.25) is 0 Å². The molecular formula is C21H19NS2. The maximum absolute atomic E-state index is 2.45. The summed E-state index contributed by atoms with van der Waals surface area (Å²) in [4.78, 5) is 0. The van der Waals surface area contributed by atoms with E-state index in [1.165, 1.54) is 53.3 Å². The molecule has 0 aliphatic rings. The smallest absolute Gasteiger partial charge is 0.0542 e. The largest absolute Gasteiger partial charge is 0.345 e. The minimum atomic E-state index is 0.562. The molecule has 0 amide bonds. The third-order valence-corrected chi connectivity index (χ3v) is 7.64. The standard InChI is InChI=1S/C21H19NS2/c1-3-6-13(2)22-12-11-14-17(22)10-9-16-19(14)24-20-15-7-4-5-8-18(15)23-21(16)20/h4-5,7-13H,3,6H2,1-2H3. The Balaban J connectivity index is 1.83. The maximum atomic E-state index is 2.45. The lowest BCUT2D eigenvalue weighted by molar-refractivity contribution is 0.515. The molecule has 5 aromatic rings. The van der Waals surface area contributed by atoms with Crippen LogP contribution in [0, 0.1) is 0 Å². The van der Waals surface area contributed by atoms with Crippen molar-refractivity contribution in [2.24, 2.45) is 0 Å². The van der Waals surface area contributed by atoms with E-state index in [2.05, 4.69) is 67.1 Å². The van der Waals surface area contributed by atoms with Crippen molar-refractivity contribution in [1.29, 1.82) is 0 Å². The van der Waals surface area contributed by atoms with Gasteiger partial charge in [-0.1, -0.05) is 31.5 Å². The van der Waals surface area contributed by atoms with Gasteiger partial charge in [-0.15, -0.1) is 22.7 Å². The number of fused-ring (bicyclic) bond motifs is 7. The number of benzene rings is 2. The predicted molar refractivity (Wildman–Crippen MR) is 110 cm³/mol. The van der Waals surface area contributed by atoms with Crippen LogP contribution < -0.4 is 0 Å². The Morgan fingerprint density at radius 2 is 1.71 bits per heavy atom. The van der Waals surface area contributed by atoms with E-state index < -0.39 is 0 Å². The molecule has 0 saturated carbocycles. The Bertz CT molecular complexity index is 1190. The first kappa shape index (κ1) is 14.5. The minimum absolute atomic E-state index is 0.562. The van der Waals surface area contributed by atoms with Crippen molar-refractivity contribution >= 4 is 63.1 Å². The van der Waals surface area contributed by atoms with Gasteiger partial charge in [0.2, 0.25) is 0 Å². The first-order valence-corrected chi connectivity index (χ1v) is 10.2. The maximum Gasteiger partial charge on any atom is 0.0542 e. The highest BCUT2D eigenvalue weighted by atomic mass is 32.1. The summed E-state index contributed by atoms with van der Waals surface area (Å²) in [5, 5.41) is 4.24. The molecule has 2 aromatic carbocycles. The second kappa shape index (κ2) is 5.33. The molecule has 1 unspecified atom stereocenters. The molecule has 3 aromatic heterocycles. The Hall–Kier alpha value is -1.84. The summed E-state index contributed by atoms with van der Waals surface area (Å²) in [6, 6.07) is 16.3. The Morgan fingerprint density at radius 1 is 0.875 bits per heavy atom. The molecule has 0 bridgehead atoms. The number of thiophene rings is 2. The zero-order chi connectivity index (χ0) is 16.3. The number of nitrogens with zero attached hydrogens (tertiary/aromatic N) is 1. The van der Waals surface area contributed by atoms with Crippen LogP contribution in [0.25, 0.3) is 40.5 Å². The molecule has 3 heteroatoms. The van der Waals surface area contributed by atoms with Crippen molar-refractivity contribution in [3.05, 3.63) is 48.7 Å². The molecule has 0 spiro atoms. The van der Waals surface area contributed by atoms with Crippen molar-refractivity contribution in [3.63, 3.8) is 0 Å². The van der Waals surface area contributed by atoms with E-state index in [0.717, 1.165) is 0 Å². The Labute approximate surface area is 149 Å². The zero-order valence-corrected chi connectivity index (χ0v) is 15.5. The molecule has 1 atom stereocenters. The van der Waals surface area contributed by atoms with Gasteiger partial charge >= 0.3 is 0 Å². The van der Waals surface area contributed by atoms with Crippen LogP contribution in [-0.2, 0) is 0 Å². The first-order valence-electron chi connectivity index (χ1n) is 8.61. The van der Waals surface area contributed by atoms with Gasteiger partial charge in [0.05, 0.1) is 9.40 Å². The molecule has 1 nitrogen and oxygen atoms in total. The SMILES string of the molecule is CCCC(C)n1ccc2c3sc4c5ccccc5sc4c3ccc21. The second-order valence-corrected chi connectivity index (χ2v) is 8.67. The van der Waals surface area contributed by atoms with Crippen molar-refractivity contribution in [2.75, 3.05) is 0 Å². The third kappa shape index (κ3) is 1.92. The summed E-state index contributed by atoms with van der Waals surface area (Å²) in [6.45, 7) is 4.59. The Morgan fingerprint density at radius 3 is 2.58 bits per heavy atom. The molecular weight excluding hydrogens is 330 g/mol. The molecule has 0 saturated heterocycles. The Kier molecular flexibility index (Phi) is 3.22. The van der Waals surface area contributed by atoms with Crippen molar-refractivity contribution in [2.45, 2.75) is 32.7 Å². The molecule has 24 heavy (non-hydrogen) atoms. The van der Waals surface area contributed by atoms with Crippen LogP contribution in [0.3, 0.4) is 0 Å². The zero-order valence-electron chi connectivity index (χ0n) is 13.9. The molecule has 0 N–H and O–H groups in total. The highest BCUT2D eigenvalue weighted by Gasteiger charge is 2.16. The van der Waals surface area contributed by atoms with Gasteiger partial charge in [0.1, 0.15) is 0 Å². The number of hydrogen-bond donors (Lipinski definition) is 0. The predicted octanol–water partition coefficient (Wildman–Crippen LogP) is 7.59. The van der Waals surface area contributed by atoms with E-state index in [4.69, 9.17) is 0 Å². The van der Waals surface area contributed by atoms with E-state index >= 15 is 0 Å². The summed E-state index contributed by atoms with van der Waals surface area (Å²) >= 11 is 3.89. The van der Waals surface area contributed by atoms with Crippen molar-refractivity contribution in [3.8, 4) is 0 Å². The molecule has 5 rings (SSSR count). The molecule has 120 valence electrons. The molecule has 0 fully saturated rings. The van der Waals surface area contributed by atoms with E-state index in [9.17, 15) is 0 Å². The van der Waals surface area contributed by atoms with Gasteiger partial charge in [-0.05, 0) is 37.6 Å². The van der Waals surface area contributed by atoms with Crippen molar-refractivity contribution in [1.82, 2.24) is 4.57 Å². The van der Waals surface area contributed by atoms with E-state index in [-0.39, 0.29) is 0 Å². The van der Waals surface area contributed by atoms with Crippen LogP contribution >= 0.6 is 22.7 Å². The van der Waals surface area contributed by atoms with Gasteiger partial charge in [0.15, 0.2) is 0 Å². The lowest BCUT2D eigenvalue weighted by atomic mass is 10.1. The van der Waals surface area contributed by atoms with Gasteiger partial charge in [-0.3, -0.25) is 0 Å². The van der Waals surface area contributed by atoms with Crippen LogP contribution in [0.4, 0.5) is 0 Å². The fourth-order valence-corrected chi connectivity index (χ4v) is 6.61. The molecule has 3 heterocycles. The topological polar surface area (TPSA) is 4.93 Å². The minimum Gasteiger partial charge on any atom is -0.345 e. The summed E-state index contributed by atoms with van der Waals surface area (Å²) < 4.78 is 8.20. The van der Waals surface area contributed by atoms with Crippen LogP contribution in [-0.4, -0.2) is 4.57 Å². The summed E-state index contributed by atoms with van der Waals surface area (Å²) in [7, 11) is 0. The van der Waals surface area contributed by atoms with E-state index in [1.54, 1.807) is 0 Å². The van der Waals surface area contributed by atoms with Gasteiger partial charge in [0, 0.05) is 43.3 Å². The fourth-order valence-electron chi connectivity index (χ4n) is 3.84. The first-order chi connectivity index (χ1) is 11.8. The fraction of sp³-hybridized carbons (Fsp3) is 0.238. The van der Waals surface area contributed by atoms with Crippen molar-refractivity contribution < 1.29 is 0 Å². The highest BCUT2D eigenvalue weighted by Crippen LogP contribution is 2.46. The highest BCUT2D eigenvalue weighted by molar-refractivity contribution is 7.37. The number of hydrogen-bond acceptors (Lipinski definition) is 2. The monoisotopic (exact) mass is 349 g/mol. The van der Waals surface area contributed by atoms with Gasteiger partial charge < -0.3 is 4.57 Å². The molecule has 0 radical (unpaired) electrons. The normalized spacial score (nSPS) is 13.6. The lowest BCUT2D eigenvalue weighted by Gasteiger charge is -2.14. The average molecular weight is 350 g/mol. The summed E-state index contributed by atoms with van der Waals surface area (Å²) in [5.74, 6) is 0. The van der Waals surface area contributed by atoms with E-state index in [1.807, 2.05) is 22.7 Å². The third-order valence-electron chi connectivity index (χ3n) is 5.03. The van der Waals surface area contributed by atoms with Gasteiger partial charge in [-0.2, -0.15) is 0 Å². The number of rotatable bonds is 3. The van der Waals surface area contributed by atoms with Crippen LogP contribution in [0.1, 0.15) is 32.7 Å².